The van der Waals surface area contributed by atoms with Gasteiger partial charge in [-0.1, -0.05) is 133 Å². The van der Waals surface area contributed by atoms with Gasteiger partial charge in [0.2, 0.25) is 0 Å². The van der Waals surface area contributed by atoms with Crippen LogP contribution in [-0.4, -0.2) is 6.04 Å². The number of benzene rings is 4. The SMILES string of the molecule is CC1=CCC2(C=C1)CC2N(C1=CC2C3=C(C(N(c4ccccc4)c4ccc(C)cc4)=CC2c2ccccc21)C(C)CC=C3)c1ccccc1. The van der Waals surface area contributed by atoms with Gasteiger partial charge in [-0.3, -0.25) is 0 Å². The molecule has 1 fully saturated rings. The van der Waals surface area contributed by atoms with Crippen LogP contribution in [0.5, 0.6) is 0 Å². The molecule has 1 saturated carbocycles. The van der Waals surface area contributed by atoms with E-state index in [-0.39, 0.29) is 17.3 Å². The smallest absolute Gasteiger partial charge is 0.0466 e. The Bertz CT molecular complexity index is 2090. The van der Waals surface area contributed by atoms with Gasteiger partial charge in [0, 0.05) is 57.3 Å². The molecule has 0 N–H and O–H groups in total. The van der Waals surface area contributed by atoms with Gasteiger partial charge < -0.3 is 9.80 Å². The van der Waals surface area contributed by atoms with Gasteiger partial charge in [-0.05, 0) is 92.1 Å². The molecule has 1 spiro atoms. The number of aryl methyl sites for hydroxylation is 1. The first-order valence-electron chi connectivity index (χ1n) is 18.1. The maximum Gasteiger partial charge on any atom is 0.0466 e. The first-order chi connectivity index (χ1) is 24.0. The molecule has 242 valence electrons. The number of hydrogen-bond donors (Lipinski definition) is 0. The van der Waals surface area contributed by atoms with E-state index in [1.807, 2.05) is 0 Å². The van der Waals surface area contributed by atoms with Crippen molar-refractivity contribution in [2.75, 3.05) is 9.80 Å². The predicted octanol–water partition coefficient (Wildman–Crippen LogP) is 11.8. The standard InChI is InChI=1S/C47H44N2/c1-32-21-23-37(24-22-32)48(35-14-6-4-7-15-35)44-30-41-38-18-10-11-19-39(38)43(29-42(41)40-20-12-13-34(3)46(40)44)49(36-16-8-5-9-17-36)45-31-47(45)27-25-33(2)26-28-47/h4-12,14-27,29-30,34,41-42,45H,13,28,31H2,1-3H3. The van der Waals surface area contributed by atoms with Crippen LogP contribution in [-0.2, 0) is 0 Å². The van der Waals surface area contributed by atoms with Crippen molar-refractivity contribution in [2.45, 2.75) is 52.0 Å². The fourth-order valence-electron chi connectivity index (χ4n) is 8.91. The quantitative estimate of drug-likeness (QED) is 0.208. The largest absolute Gasteiger partial charge is 0.337 e. The second-order valence-corrected chi connectivity index (χ2v) is 14.8. The molecule has 0 saturated heterocycles. The van der Waals surface area contributed by atoms with E-state index in [1.54, 1.807) is 0 Å². The molecule has 0 amide bonds. The molecule has 2 nitrogen and oxygen atoms in total. The lowest BCUT2D eigenvalue weighted by molar-refractivity contribution is 0.586. The molecule has 9 rings (SSSR count). The van der Waals surface area contributed by atoms with Crippen molar-refractivity contribution in [2.24, 2.45) is 17.3 Å². The van der Waals surface area contributed by atoms with Gasteiger partial charge >= 0.3 is 0 Å². The summed E-state index contributed by atoms with van der Waals surface area (Å²) in [6.45, 7) is 6.81. The number of nitrogens with zero attached hydrogens (tertiary/aromatic N) is 2. The summed E-state index contributed by atoms with van der Waals surface area (Å²) < 4.78 is 0. The highest BCUT2D eigenvalue weighted by Gasteiger charge is 2.56. The van der Waals surface area contributed by atoms with Gasteiger partial charge in [-0.25, -0.2) is 0 Å². The molecule has 5 unspecified atom stereocenters. The zero-order valence-electron chi connectivity index (χ0n) is 28.8. The van der Waals surface area contributed by atoms with E-state index in [4.69, 9.17) is 0 Å². The Hall–Kier alpha value is -5.08. The fraction of sp³-hybridized carbons (Fsp3) is 0.234. The van der Waals surface area contributed by atoms with Crippen LogP contribution in [0.1, 0.15) is 55.7 Å². The van der Waals surface area contributed by atoms with Crippen molar-refractivity contribution in [1.29, 1.82) is 0 Å². The van der Waals surface area contributed by atoms with Gasteiger partial charge in [0.05, 0.1) is 0 Å². The molecule has 5 atom stereocenters. The molecule has 0 bridgehead atoms. The predicted molar refractivity (Wildman–Crippen MR) is 206 cm³/mol. The first-order valence-corrected chi connectivity index (χ1v) is 18.1. The van der Waals surface area contributed by atoms with Crippen molar-refractivity contribution < 1.29 is 0 Å². The lowest BCUT2D eigenvalue weighted by atomic mass is 9.66. The van der Waals surface area contributed by atoms with Crippen molar-refractivity contribution in [3.05, 3.63) is 191 Å². The normalized spacial score (nSPS) is 26.2. The van der Waals surface area contributed by atoms with Crippen LogP contribution >= 0.6 is 0 Å². The Kier molecular flexibility index (Phi) is 7.23. The molecule has 2 heteroatoms. The highest BCUT2D eigenvalue weighted by Crippen LogP contribution is 2.60. The zero-order chi connectivity index (χ0) is 33.1. The van der Waals surface area contributed by atoms with Gasteiger partial charge in [0.25, 0.3) is 0 Å². The van der Waals surface area contributed by atoms with Crippen LogP contribution in [0.15, 0.2) is 174 Å². The number of fused-ring (bicyclic) bond motifs is 4. The van der Waals surface area contributed by atoms with Crippen molar-refractivity contribution in [1.82, 2.24) is 0 Å². The van der Waals surface area contributed by atoms with Crippen LogP contribution in [0.4, 0.5) is 17.1 Å². The molecule has 0 aliphatic heterocycles. The lowest BCUT2D eigenvalue weighted by Crippen LogP contribution is -2.35. The highest BCUT2D eigenvalue weighted by molar-refractivity contribution is 5.86. The Balaban J connectivity index is 1.23. The molecule has 5 aliphatic carbocycles. The summed E-state index contributed by atoms with van der Waals surface area (Å²) in [7, 11) is 0. The molecular formula is C47H44N2. The van der Waals surface area contributed by atoms with Gasteiger partial charge in [0.1, 0.15) is 0 Å². The number of allylic oxidation sites excluding steroid dienone is 9. The topological polar surface area (TPSA) is 6.48 Å². The Morgan fingerprint density at radius 1 is 0.673 bits per heavy atom. The second kappa shape index (κ2) is 11.8. The third kappa shape index (κ3) is 5.08. The van der Waals surface area contributed by atoms with Crippen LogP contribution in [0, 0.1) is 24.2 Å². The van der Waals surface area contributed by atoms with Crippen molar-refractivity contribution in [3.8, 4) is 0 Å². The third-order valence-electron chi connectivity index (χ3n) is 11.6. The summed E-state index contributed by atoms with van der Waals surface area (Å²) in [5.74, 6) is 0.895. The molecule has 0 heterocycles. The molecule has 4 aromatic carbocycles. The van der Waals surface area contributed by atoms with Crippen molar-refractivity contribution >= 4 is 22.8 Å². The molecule has 0 radical (unpaired) electrons. The summed E-state index contributed by atoms with van der Waals surface area (Å²) in [5.41, 5.74) is 14.9. The van der Waals surface area contributed by atoms with Gasteiger partial charge in [0.15, 0.2) is 0 Å². The molecule has 5 aliphatic rings. The minimum absolute atomic E-state index is 0.190. The zero-order valence-corrected chi connectivity index (χ0v) is 28.8. The Labute approximate surface area is 291 Å². The summed E-state index contributed by atoms with van der Waals surface area (Å²) in [4.78, 5) is 5.21. The fourth-order valence-corrected chi connectivity index (χ4v) is 8.91. The Morgan fingerprint density at radius 2 is 1.35 bits per heavy atom. The number of para-hydroxylation sites is 2. The lowest BCUT2D eigenvalue weighted by Gasteiger charge is -2.44. The van der Waals surface area contributed by atoms with Crippen molar-refractivity contribution in [3.63, 3.8) is 0 Å². The summed E-state index contributed by atoms with van der Waals surface area (Å²) >= 11 is 0. The van der Waals surface area contributed by atoms with E-state index in [2.05, 4.69) is 182 Å². The minimum atomic E-state index is 0.190. The van der Waals surface area contributed by atoms with Gasteiger partial charge in [-0.15, -0.1) is 0 Å². The van der Waals surface area contributed by atoms with E-state index in [1.165, 1.54) is 68.3 Å². The average Bonchev–Trinajstić information content (AvgIpc) is 3.83. The van der Waals surface area contributed by atoms with Crippen LogP contribution in [0.2, 0.25) is 0 Å². The number of rotatable bonds is 6. The minimum Gasteiger partial charge on any atom is -0.337 e. The summed E-state index contributed by atoms with van der Waals surface area (Å²) in [6.07, 6.45) is 20.8. The molecular weight excluding hydrogens is 593 g/mol. The molecule has 4 aromatic rings. The summed E-state index contributed by atoms with van der Waals surface area (Å²) in [5, 5.41) is 0. The average molecular weight is 637 g/mol. The Morgan fingerprint density at radius 3 is 2.08 bits per heavy atom. The maximum absolute atomic E-state index is 2.70. The number of hydrogen-bond acceptors (Lipinski definition) is 2. The van der Waals surface area contributed by atoms with E-state index < -0.39 is 0 Å². The van der Waals surface area contributed by atoms with Gasteiger partial charge in [-0.2, -0.15) is 0 Å². The van der Waals surface area contributed by atoms with E-state index >= 15 is 0 Å². The van der Waals surface area contributed by atoms with Crippen LogP contribution in [0.25, 0.3) is 5.70 Å². The third-order valence-corrected chi connectivity index (χ3v) is 11.6. The molecule has 49 heavy (non-hydrogen) atoms. The summed E-state index contributed by atoms with van der Waals surface area (Å²) in [6, 6.07) is 40.8. The van der Waals surface area contributed by atoms with Crippen LogP contribution < -0.4 is 9.80 Å². The number of anilines is 3. The highest BCUT2D eigenvalue weighted by atomic mass is 15.2. The monoisotopic (exact) mass is 636 g/mol. The second-order valence-electron chi connectivity index (χ2n) is 14.8. The van der Waals surface area contributed by atoms with Crippen LogP contribution in [0.3, 0.4) is 0 Å². The first kappa shape index (κ1) is 30.0. The van der Waals surface area contributed by atoms with E-state index in [0.29, 0.717) is 12.0 Å². The van der Waals surface area contributed by atoms with E-state index in [0.717, 1.165) is 12.8 Å². The maximum atomic E-state index is 2.70. The van der Waals surface area contributed by atoms with E-state index in [9.17, 15) is 0 Å². The molecule has 0 aromatic heterocycles.